The van der Waals surface area contributed by atoms with Crippen molar-refractivity contribution < 1.29 is 4.79 Å². The first-order valence-electron chi connectivity index (χ1n) is 5.10. The fourth-order valence-electron chi connectivity index (χ4n) is 1.76. The van der Waals surface area contributed by atoms with Gasteiger partial charge in [-0.05, 0) is 12.3 Å². The molecule has 5 heteroatoms. The van der Waals surface area contributed by atoms with E-state index in [-0.39, 0.29) is 11.3 Å². The van der Waals surface area contributed by atoms with Gasteiger partial charge in [-0.25, -0.2) is 0 Å². The predicted octanol–water partition coefficient (Wildman–Crippen LogP) is 1.50. The minimum Gasteiger partial charge on any atom is -0.337 e. The summed E-state index contributed by atoms with van der Waals surface area (Å²) in [7, 11) is 0. The molecule has 4 nitrogen and oxygen atoms in total. The summed E-state index contributed by atoms with van der Waals surface area (Å²) in [5.41, 5.74) is 0.605. The van der Waals surface area contributed by atoms with Gasteiger partial charge in [0.05, 0.1) is 17.1 Å². The van der Waals surface area contributed by atoms with Crippen molar-refractivity contribution in [1.29, 1.82) is 0 Å². The van der Waals surface area contributed by atoms with Gasteiger partial charge in [0.1, 0.15) is 0 Å². The van der Waals surface area contributed by atoms with Crippen LogP contribution in [0.5, 0.6) is 0 Å². The molecule has 0 aliphatic carbocycles. The number of hydrogen-bond donors (Lipinski definition) is 1. The highest BCUT2D eigenvalue weighted by molar-refractivity contribution is 6.21. The van der Waals surface area contributed by atoms with E-state index in [4.69, 9.17) is 11.6 Å². The molecule has 0 spiro atoms. The Bertz CT molecular complexity index is 338. The molecule has 2 heterocycles. The van der Waals surface area contributed by atoms with Gasteiger partial charge in [-0.3, -0.25) is 9.89 Å². The number of carbonyl (C=O) groups excluding carboxylic acids is 1. The van der Waals surface area contributed by atoms with Crippen LogP contribution in [0, 0.1) is 5.92 Å². The van der Waals surface area contributed by atoms with E-state index in [0.717, 1.165) is 13.0 Å². The number of rotatable bonds is 1. The van der Waals surface area contributed by atoms with Crippen molar-refractivity contribution in [1.82, 2.24) is 15.1 Å². The lowest BCUT2D eigenvalue weighted by Gasteiger charge is -2.33. The van der Waals surface area contributed by atoms with E-state index in [1.54, 1.807) is 17.3 Å². The fourth-order valence-corrected chi connectivity index (χ4v) is 2.05. The number of H-pyrrole nitrogens is 1. The number of piperidine rings is 1. The molecule has 1 N–H and O–H groups in total. The van der Waals surface area contributed by atoms with Crippen LogP contribution >= 0.6 is 11.6 Å². The van der Waals surface area contributed by atoms with Crippen molar-refractivity contribution in [2.45, 2.75) is 18.7 Å². The molecule has 1 aliphatic heterocycles. The smallest absolute Gasteiger partial charge is 0.257 e. The average Bonchev–Trinajstić information content (AvgIpc) is 2.74. The number of alkyl halides is 1. The van der Waals surface area contributed by atoms with E-state index in [2.05, 4.69) is 17.1 Å². The van der Waals surface area contributed by atoms with Gasteiger partial charge in [0.2, 0.25) is 0 Å². The normalized spacial score (nSPS) is 26.7. The summed E-state index contributed by atoms with van der Waals surface area (Å²) in [5.74, 6) is 0.501. The van der Waals surface area contributed by atoms with E-state index < -0.39 is 0 Å². The summed E-state index contributed by atoms with van der Waals surface area (Å²) in [4.78, 5) is 13.7. The lowest BCUT2D eigenvalue weighted by atomic mass is 9.98. The first-order valence-corrected chi connectivity index (χ1v) is 5.54. The number of halogens is 1. The van der Waals surface area contributed by atoms with Crippen molar-refractivity contribution >= 4 is 17.5 Å². The molecule has 0 radical (unpaired) electrons. The lowest BCUT2D eigenvalue weighted by Crippen LogP contribution is -2.43. The van der Waals surface area contributed by atoms with Crippen LogP contribution in [0.1, 0.15) is 23.7 Å². The van der Waals surface area contributed by atoms with Crippen molar-refractivity contribution in [2.75, 3.05) is 13.1 Å². The Kier molecular flexibility index (Phi) is 2.95. The summed E-state index contributed by atoms with van der Waals surface area (Å²) in [6, 6.07) is 0. The van der Waals surface area contributed by atoms with Gasteiger partial charge in [-0.15, -0.1) is 11.6 Å². The maximum absolute atomic E-state index is 11.9. The Morgan fingerprint density at radius 2 is 2.53 bits per heavy atom. The maximum atomic E-state index is 11.9. The van der Waals surface area contributed by atoms with Crippen LogP contribution in [0.3, 0.4) is 0 Å². The zero-order chi connectivity index (χ0) is 10.8. The second-order valence-corrected chi connectivity index (χ2v) is 4.58. The predicted molar refractivity (Wildman–Crippen MR) is 57.9 cm³/mol. The lowest BCUT2D eigenvalue weighted by molar-refractivity contribution is 0.0701. The van der Waals surface area contributed by atoms with Crippen molar-refractivity contribution in [3.8, 4) is 0 Å². The number of carbonyl (C=O) groups is 1. The quantitative estimate of drug-likeness (QED) is 0.740. The molecular weight excluding hydrogens is 214 g/mol. The second kappa shape index (κ2) is 4.23. The Hall–Kier alpha value is -1.03. The van der Waals surface area contributed by atoms with Crippen LogP contribution in [0.15, 0.2) is 12.4 Å². The molecule has 82 valence electrons. The van der Waals surface area contributed by atoms with Crippen LogP contribution in [-0.2, 0) is 0 Å². The monoisotopic (exact) mass is 227 g/mol. The van der Waals surface area contributed by atoms with Crippen LogP contribution in [0.25, 0.3) is 0 Å². The topological polar surface area (TPSA) is 49.0 Å². The van der Waals surface area contributed by atoms with E-state index in [0.29, 0.717) is 18.0 Å². The van der Waals surface area contributed by atoms with Gasteiger partial charge >= 0.3 is 0 Å². The molecule has 2 rings (SSSR count). The van der Waals surface area contributed by atoms with Gasteiger partial charge in [-0.2, -0.15) is 5.10 Å². The van der Waals surface area contributed by atoms with Gasteiger partial charge in [0, 0.05) is 19.3 Å². The fraction of sp³-hybridized carbons (Fsp3) is 0.600. The number of nitrogens with zero attached hydrogens (tertiary/aromatic N) is 2. The summed E-state index contributed by atoms with van der Waals surface area (Å²) in [6.45, 7) is 3.54. The van der Waals surface area contributed by atoms with Crippen LogP contribution in [0.4, 0.5) is 0 Å². The highest BCUT2D eigenvalue weighted by Gasteiger charge is 2.28. The molecule has 0 bridgehead atoms. The van der Waals surface area contributed by atoms with Crippen molar-refractivity contribution in [3.63, 3.8) is 0 Å². The SMILES string of the molecule is CC1CCN(C(=O)c2cn[nH]c2)CC1Cl. The van der Waals surface area contributed by atoms with Gasteiger partial charge in [0.25, 0.3) is 5.91 Å². The van der Waals surface area contributed by atoms with Gasteiger partial charge < -0.3 is 4.90 Å². The molecular formula is C10H14ClN3O. The van der Waals surface area contributed by atoms with Crippen LogP contribution in [-0.4, -0.2) is 39.5 Å². The number of hydrogen-bond acceptors (Lipinski definition) is 2. The minimum atomic E-state index is 0.0151. The molecule has 2 atom stereocenters. The van der Waals surface area contributed by atoms with E-state index in [1.807, 2.05) is 0 Å². The third-order valence-corrected chi connectivity index (χ3v) is 3.47. The third kappa shape index (κ3) is 2.15. The molecule has 1 aromatic heterocycles. The van der Waals surface area contributed by atoms with Gasteiger partial charge in [-0.1, -0.05) is 6.92 Å². The first kappa shape index (κ1) is 10.5. The van der Waals surface area contributed by atoms with E-state index >= 15 is 0 Å². The molecule has 1 aliphatic rings. The average molecular weight is 228 g/mol. The first-order chi connectivity index (χ1) is 7.18. The number of amides is 1. The zero-order valence-corrected chi connectivity index (χ0v) is 9.37. The van der Waals surface area contributed by atoms with E-state index in [1.165, 1.54) is 0 Å². The van der Waals surface area contributed by atoms with Crippen LogP contribution < -0.4 is 0 Å². The van der Waals surface area contributed by atoms with Crippen LogP contribution in [0.2, 0.25) is 0 Å². The molecule has 0 aromatic carbocycles. The van der Waals surface area contributed by atoms with Crippen molar-refractivity contribution in [2.24, 2.45) is 5.92 Å². The number of aromatic amines is 1. The summed E-state index contributed by atoms with van der Waals surface area (Å²) >= 11 is 6.15. The molecule has 0 saturated carbocycles. The van der Waals surface area contributed by atoms with Gasteiger partial charge in [0.15, 0.2) is 0 Å². The molecule has 1 amide bonds. The highest BCUT2D eigenvalue weighted by atomic mass is 35.5. The molecule has 1 aromatic rings. The summed E-state index contributed by atoms with van der Waals surface area (Å²) in [5, 5.41) is 6.47. The molecule has 1 saturated heterocycles. The number of nitrogens with one attached hydrogen (secondary N) is 1. The second-order valence-electron chi connectivity index (χ2n) is 4.02. The van der Waals surface area contributed by atoms with Crippen molar-refractivity contribution in [3.05, 3.63) is 18.0 Å². The zero-order valence-electron chi connectivity index (χ0n) is 8.61. The Morgan fingerprint density at radius 3 is 3.13 bits per heavy atom. The minimum absolute atomic E-state index is 0.0151. The standard InChI is InChI=1S/C10H14ClN3O/c1-7-2-3-14(6-9(7)11)10(15)8-4-12-13-5-8/h4-5,7,9H,2-3,6H2,1H3,(H,12,13). The Morgan fingerprint density at radius 1 is 1.73 bits per heavy atom. The maximum Gasteiger partial charge on any atom is 0.257 e. The molecule has 2 unspecified atom stereocenters. The molecule has 15 heavy (non-hydrogen) atoms. The molecule has 1 fully saturated rings. The largest absolute Gasteiger partial charge is 0.337 e. The summed E-state index contributed by atoms with van der Waals surface area (Å²) < 4.78 is 0. The number of likely N-dealkylation sites (tertiary alicyclic amines) is 1. The Labute approximate surface area is 93.6 Å². The third-order valence-electron chi connectivity index (χ3n) is 2.90. The summed E-state index contributed by atoms with van der Waals surface area (Å²) in [6.07, 6.45) is 4.13. The van der Waals surface area contributed by atoms with E-state index in [9.17, 15) is 4.79 Å². The Balaban J connectivity index is 2.03. The highest BCUT2D eigenvalue weighted by Crippen LogP contribution is 2.22. The number of aromatic nitrogens is 2.